The summed E-state index contributed by atoms with van der Waals surface area (Å²) in [5.41, 5.74) is 1.95. The number of ether oxygens (including phenoxy) is 2. The molecular formula is C29H40N4O6. The maximum absolute atomic E-state index is 13.9. The van der Waals surface area contributed by atoms with Gasteiger partial charge in [-0.3, -0.25) is 19.1 Å². The molecule has 0 aliphatic carbocycles. The molecule has 10 nitrogen and oxygen atoms in total. The van der Waals surface area contributed by atoms with Crippen LogP contribution >= 0.6 is 0 Å². The van der Waals surface area contributed by atoms with E-state index in [0.29, 0.717) is 50.9 Å². The summed E-state index contributed by atoms with van der Waals surface area (Å²) in [6, 6.07) is 9.43. The number of amides is 2. The molecule has 2 N–H and O–H groups in total. The van der Waals surface area contributed by atoms with Gasteiger partial charge in [-0.05, 0) is 57.7 Å². The molecule has 1 aromatic heterocycles. The summed E-state index contributed by atoms with van der Waals surface area (Å²) < 4.78 is 15.5. The largest absolute Gasteiger partial charge is 0.459 e. The van der Waals surface area contributed by atoms with E-state index in [9.17, 15) is 19.5 Å². The van der Waals surface area contributed by atoms with E-state index in [0.717, 1.165) is 24.3 Å². The van der Waals surface area contributed by atoms with Crippen LogP contribution in [0.3, 0.4) is 0 Å². The van der Waals surface area contributed by atoms with Gasteiger partial charge in [-0.1, -0.05) is 18.2 Å². The maximum atomic E-state index is 13.9. The zero-order chi connectivity index (χ0) is 27.9. The van der Waals surface area contributed by atoms with Gasteiger partial charge in [0.25, 0.3) is 11.5 Å². The molecule has 2 amide bonds. The number of allylic oxidation sites excluding steroid dienone is 1. The monoisotopic (exact) mass is 540 g/mol. The van der Waals surface area contributed by atoms with Crippen LogP contribution < -0.4 is 10.9 Å². The van der Waals surface area contributed by atoms with Gasteiger partial charge in [0.1, 0.15) is 0 Å². The number of hydrogen-bond acceptors (Lipinski definition) is 6. The fourth-order valence-electron chi connectivity index (χ4n) is 5.57. The topological polar surface area (TPSA) is 115 Å². The number of aliphatic hydroxyl groups excluding tert-OH is 1. The summed E-state index contributed by atoms with van der Waals surface area (Å²) in [5.74, 6) is -0.823. The summed E-state index contributed by atoms with van der Waals surface area (Å²) >= 11 is 0. The molecule has 3 atom stereocenters. The third-order valence-electron chi connectivity index (χ3n) is 7.63. The number of carbonyl (C=O) groups excluding carboxylic acids is 2. The first-order valence-corrected chi connectivity index (χ1v) is 13.9. The Kier molecular flexibility index (Phi) is 9.63. The standard InChI is InChI=1S/C29H40N4O6/c1-4-38-29-22(13-9-18-34)23(26-20(2)31(3)33(28(26)37)21-11-6-5-7-12-21)19-24(39-29)27(36)30-15-10-17-32-16-8-14-25(32)35/h5-7,11-12,19,22-23,29,34H,4,8-10,13-18H2,1-3H3,(H,30,36). The number of nitrogens with zero attached hydrogens (tertiary/aromatic N) is 3. The minimum Gasteiger partial charge on any atom is -0.459 e. The molecule has 2 aromatic rings. The number of hydrogen-bond donors (Lipinski definition) is 2. The van der Waals surface area contributed by atoms with E-state index >= 15 is 0 Å². The van der Waals surface area contributed by atoms with Gasteiger partial charge in [0.15, 0.2) is 5.76 Å². The van der Waals surface area contributed by atoms with Crippen molar-refractivity contribution in [3.63, 3.8) is 0 Å². The highest BCUT2D eigenvalue weighted by molar-refractivity contribution is 5.91. The Labute approximate surface area is 229 Å². The summed E-state index contributed by atoms with van der Waals surface area (Å²) in [5, 5.41) is 12.5. The lowest BCUT2D eigenvalue weighted by atomic mass is 9.80. The second-order valence-corrected chi connectivity index (χ2v) is 10.1. The van der Waals surface area contributed by atoms with E-state index in [1.165, 1.54) is 0 Å². The van der Waals surface area contributed by atoms with Crippen LogP contribution in [0.2, 0.25) is 0 Å². The second kappa shape index (κ2) is 13.1. The molecule has 0 saturated carbocycles. The van der Waals surface area contributed by atoms with Crippen LogP contribution in [0.25, 0.3) is 5.69 Å². The third kappa shape index (κ3) is 6.28. The quantitative estimate of drug-likeness (QED) is 0.400. The summed E-state index contributed by atoms with van der Waals surface area (Å²) in [7, 11) is 1.85. The van der Waals surface area contributed by atoms with Gasteiger partial charge in [-0.15, -0.1) is 0 Å². The number of rotatable bonds is 12. The van der Waals surface area contributed by atoms with Gasteiger partial charge in [0.2, 0.25) is 12.2 Å². The summed E-state index contributed by atoms with van der Waals surface area (Å²) in [4.78, 5) is 40.8. The average molecular weight is 541 g/mol. The normalized spacial score (nSPS) is 21.1. The molecular weight excluding hydrogens is 500 g/mol. The lowest BCUT2D eigenvalue weighted by Gasteiger charge is -2.36. The summed E-state index contributed by atoms with van der Waals surface area (Å²) in [6.07, 6.45) is 4.17. The third-order valence-corrected chi connectivity index (χ3v) is 7.63. The Morgan fingerprint density at radius 1 is 1.21 bits per heavy atom. The molecule has 2 aliphatic rings. The molecule has 39 heavy (non-hydrogen) atoms. The zero-order valence-electron chi connectivity index (χ0n) is 23.1. The first kappa shape index (κ1) is 28.6. The van der Waals surface area contributed by atoms with Crippen molar-refractivity contribution in [1.29, 1.82) is 0 Å². The van der Waals surface area contributed by atoms with E-state index in [4.69, 9.17) is 9.47 Å². The van der Waals surface area contributed by atoms with Crippen molar-refractivity contribution in [3.05, 3.63) is 63.8 Å². The van der Waals surface area contributed by atoms with Gasteiger partial charge < -0.3 is 24.8 Å². The molecule has 3 heterocycles. The number of aromatic nitrogens is 2. The Hall–Kier alpha value is -3.37. The molecule has 212 valence electrons. The van der Waals surface area contributed by atoms with Crippen LogP contribution in [0.15, 0.2) is 47.0 Å². The van der Waals surface area contributed by atoms with E-state index in [-0.39, 0.29) is 35.7 Å². The Morgan fingerprint density at radius 3 is 2.64 bits per heavy atom. The molecule has 3 unspecified atom stereocenters. The van der Waals surface area contributed by atoms with Crippen molar-refractivity contribution in [2.24, 2.45) is 13.0 Å². The molecule has 0 bridgehead atoms. The molecule has 0 spiro atoms. The number of carbonyl (C=O) groups is 2. The van der Waals surface area contributed by atoms with E-state index < -0.39 is 12.2 Å². The first-order valence-electron chi connectivity index (χ1n) is 13.9. The van der Waals surface area contributed by atoms with Crippen LogP contribution in [-0.2, 0) is 26.1 Å². The predicted molar refractivity (Wildman–Crippen MR) is 146 cm³/mol. The highest BCUT2D eigenvalue weighted by Crippen LogP contribution is 2.39. The minimum absolute atomic E-state index is 0.000657. The number of nitrogens with one attached hydrogen (secondary N) is 1. The number of aliphatic hydroxyl groups is 1. The van der Waals surface area contributed by atoms with Gasteiger partial charge in [0, 0.05) is 69.4 Å². The maximum Gasteiger partial charge on any atom is 0.286 e. The molecule has 1 saturated heterocycles. The lowest BCUT2D eigenvalue weighted by molar-refractivity contribution is -0.166. The van der Waals surface area contributed by atoms with Crippen molar-refractivity contribution < 1.29 is 24.2 Å². The van der Waals surface area contributed by atoms with Crippen LogP contribution in [0, 0.1) is 12.8 Å². The SMILES string of the molecule is CCOC1OC(C(=O)NCCCN2CCCC2=O)=CC(c2c(C)n(C)n(-c3ccccc3)c2=O)C1CCCO. The smallest absolute Gasteiger partial charge is 0.286 e. The van der Waals surface area contributed by atoms with Crippen molar-refractivity contribution >= 4 is 11.8 Å². The van der Waals surface area contributed by atoms with Crippen molar-refractivity contribution in [2.75, 3.05) is 32.8 Å². The highest BCUT2D eigenvalue weighted by Gasteiger charge is 2.40. The number of para-hydroxylation sites is 1. The van der Waals surface area contributed by atoms with Crippen LogP contribution in [0.5, 0.6) is 0 Å². The molecule has 1 aromatic carbocycles. The lowest BCUT2D eigenvalue weighted by Crippen LogP contribution is -2.40. The van der Waals surface area contributed by atoms with Gasteiger partial charge in [0.05, 0.1) is 5.69 Å². The van der Waals surface area contributed by atoms with Crippen molar-refractivity contribution in [2.45, 2.75) is 58.2 Å². The first-order chi connectivity index (χ1) is 18.9. The fraction of sp³-hybridized carbons (Fsp3) is 0.552. The van der Waals surface area contributed by atoms with E-state index in [2.05, 4.69) is 5.32 Å². The summed E-state index contributed by atoms with van der Waals surface area (Å²) in [6.45, 7) is 5.90. The van der Waals surface area contributed by atoms with Gasteiger partial charge >= 0.3 is 0 Å². The molecule has 2 aliphatic heterocycles. The van der Waals surface area contributed by atoms with Crippen molar-refractivity contribution in [3.8, 4) is 5.69 Å². The number of likely N-dealkylation sites (tertiary alicyclic amines) is 1. The molecule has 1 fully saturated rings. The van der Waals surface area contributed by atoms with Crippen LogP contribution in [0.1, 0.15) is 56.2 Å². The van der Waals surface area contributed by atoms with E-state index in [1.807, 2.05) is 60.8 Å². The van der Waals surface area contributed by atoms with Gasteiger partial charge in [-0.2, -0.15) is 0 Å². The molecule has 10 heteroatoms. The Bertz CT molecular complexity index is 1230. The van der Waals surface area contributed by atoms with E-state index in [1.54, 1.807) is 10.8 Å². The second-order valence-electron chi connectivity index (χ2n) is 10.1. The number of benzene rings is 1. The Morgan fingerprint density at radius 2 is 1.97 bits per heavy atom. The highest BCUT2D eigenvalue weighted by atomic mass is 16.7. The zero-order valence-corrected chi connectivity index (χ0v) is 23.1. The molecule has 4 rings (SSSR count). The van der Waals surface area contributed by atoms with Crippen molar-refractivity contribution in [1.82, 2.24) is 19.6 Å². The van der Waals surface area contributed by atoms with Crippen LogP contribution in [-0.4, -0.2) is 70.3 Å². The minimum atomic E-state index is -0.747. The molecule has 0 radical (unpaired) electrons. The average Bonchev–Trinajstić information content (AvgIpc) is 3.44. The Balaban J connectivity index is 1.63. The van der Waals surface area contributed by atoms with Crippen LogP contribution in [0.4, 0.5) is 0 Å². The van der Waals surface area contributed by atoms with Gasteiger partial charge in [-0.25, -0.2) is 4.68 Å². The fourth-order valence-corrected chi connectivity index (χ4v) is 5.57. The predicted octanol–water partition coefficient (Wildman–Crippen LogP) is 2.36.